The van der Waals surface area contributed by atoms with Crippen LogP contribution in [0.25, 0.3) is 0 Å². The van der Waals surface area contributed by atoms with Crippen molar-refractivity contribution >= 4 is 23.4 Å². The summed E-state index contributed by atoms with van der Waals surface area (Å²) in [7, 11) is 0. The second kappa shape index (κ2) is 3.44. The number of aromatic nitrogens is 2. The third-order valence-corrected chi connectivity index (χ3v) is 1.53. The van der Waals surface area contributed by atoms with E-state index in [1.165, 1.54) is 0 Å². The summed E-state index contributed by atoms with van der Waals surface area (Å²) in [5.74, 6) is -1.31. The van der Waals surface area contributed by atoms with Crippen LogP contribution < -0.4 is 11.3 Å². The number of carboxylic acids is 1. The Morgan fingerprint density at radius 1 is 1.69 bits per heavy atom. The highest BCUT2D eigenvalue weighted by Gasteiger charge is 2.11. The van der Waals surface area contributed by atoms with Crippen molar-refractivity contribution in [2.75, 3.05) is 5.73 Å². The highest BCUT2D eigenvalue weighted by Crippen LogP contribution is 2.06. The van der Waals surface area contributed by atoms with Crippen molar-refractivity contribution in [1.82, 2.24) is 9.97 Å². The Hall–Kier alpha value is -1.56. The minimum Gasteiger partial charge on any atom is -0.481 e. The molecule has 0 aliphatic carbocycles. The molecule has 0 unspecified atom stereocenters. The number of anilines is 1. The number of halogens is 1. The van der Waals surface area contributed by atoms with E-state index >= 15 is 0 Å². The van der Waals surface area contributed by atoms with Gasteiger partial charge in [-0.3, -0.25) is 14.6 Å². The van der Waals surface area contributed by atoms with Gasteiger partial charge in [-0.1, -0.05) is 0 Å². The summed E-state index contributed by atoms with van der Waals surface area (Å²) in [5, 5.41) is 8.26. The van der Waals surface area contributed by atoms with Crippen LogP contribution in [0.2, 0.25) is 5.28 Å². The maximum atomic E-state index is 11.1. The molecule has 0 saturated heterocycles. The fourth-order valence-corrected chi connectivity index (χ4v) is 0.986. The summed E-state index contributed by atoms with van der Waals surface area (Å²) in [5.41, 5.74) is 4.58. The standard InChI is InChI=1S/C6H6ClN3O3/c7-6-9-4(8)2(1-3(11)12)5(13)10-6/h1H2,(H,11,12)(H3,8,9,10,13). The average Bonchev–Trinajstić information content (AvgIpc) is 1.96. The van der Waals surface area contributed by atoms with E-state index in [1.807, 2.05) is 0 Å². The third kappa shape index (κ3) is 2.19. The Bertz CT molecular complexity index is 401. The molecule has 0 fully saturated rings. The fourth-order valence-electron chi connectivity index (χ4n) is 0.809. The average molecular weight is 204 g/mol. The van der Waals surface area contributed by atoms with Gasteiger partial charge in [-0.25, -0.2) is 4.98 Å². The molecule has 0 aliphatic rings. The minimum absolute atomic E-state index is 0.0862. The van der Waals surface area contributed by atoms with Crippen LogP contribution in [0.1, 0.15) is 5.56 Å². The summed E-state index contributed by atoms with van der Waals surface area (Å²) < 4.78 is 0. The summed E-state index contributed by atoms with van der Waals surface area (Å²) in [6.07, 6.45) is -0.467. The number of nitrogens with one attached hydrogen (secondary N) is 1. The van der Waals surface area contributed by atoms with E-state index in [-0.39, 0.29) is 16.7 Å². The fraction of sp³-hybridized carbons (Fsp3) is 0.167. The normalized spacial score (nSPS) is 9.92. The monoisotopic (exact) mass is 203 g/mol. The number of nitrogens with zero attached hydrogens (tertiary/aromatic N) is 1. The van der Waals surface area contributed by atoms with Crippen LogP contribution in [0, 0.1) is 0 Å². The van der Waals surface area contributed by atoms with Crippen molar-refractivity contribution in [2.24, 2.45) is 0 Å². The molecule has 0 spiro atoms. The second-order valence-electron chi connectivity index (χ2n) is 2.29. The van der Waals surface area contributed by atoms with Crippen molar-refractivity contribution in [3.63, 3.8) is 0 Å². The molecule has 0 saturated carbocycles. The van der Waals surface area contributed by atoms with Crippen molar-refractivity contribution in [1.29, 1.82) is 0 Å². The van der Waals surface area contributed by atoms with Gasteiger partial charge < -0.3 is 10.8 Å². The predicted molar refractivity (Wildman–Crippen MR) is 45.6 cm³/mol. The minimum atomic E-state index is -1.15. The molecule has 1 aromatic rings. The predicted octanol–water partition coefficient (Wildman–Crippen LogP) is -0.367. The molecule has 0 aliphatic heterocycles. The molecule has 6 nitrogen and oxygen atoms in total. The highest BCUT2D eigenvalue weighted by molar-refractivity contribution is 6.28. The molecule has 0 amide bonds. The topological polar surface area (TPSA) is 109 Å². The first-order valence-corrected chi connectivity index (χ1v) is 3.64. The van der Waals surface area contributed by atoms with Gasteiger partial charge in [0, 0.05) is 0 Å². The zero-order valence-corrected chi connectivity index (χ0v) is 7.13. The number of carboxylic acid groups (broad SMARTS) is 1. The van der Waals surface area contributed by atoms with Crippen molar-refractivity contribution < 1.29 is 9.90 Å². The van der Waals surface area contributed by atoms with Gasteiger partial charge in [-0.05, 0) is 11.6 Å². The van der Waals surface area contributed by atoms with Crippen LogP contribution in [-0.4, -0.2) is 21.0 Å². The zero-order valence-electron chi connectivity index (χ0n) is 6.37. The molecule has 4 N–H and O–H groups in total. The Balaban J connectivity index is 3.21. The summed E-state index contributed by atoms with van der Waals surface area (Å²) in [6, 6.07) is 0. The highest BCUT2D eigenvalue weighted by atomic mass is 35.5. The molecule has 1 heterocycles. The lowest BCUT2D eigenvalue weighted by Gasteiger charge is -2.00. The van der Waals surface area contributed by atoms with E-state index in [1.54, 1.807) is 0 Å². The lowest BCUT2D eigenvalue weighted by Crippen LogP contribution is -2.20. The van der Waals surface area contributed by atoms with Gasteiger partial charge >= 0.3 is 5.97 Å². The molecular formula is C6H6ClN3O3. The van der Waals surface area contributed by atoms with E-state index in [0.29, 0.717) is 0 Å². The molecule has 13 heavy (non-hydrogen) atoms. The van der Waals surface area contributed by atoms with Crippen LogP contribution in [-0.2, 0) is 11.2 Å². The maximum absolute atomic E-state index is 11.1. The van der Waals surface area contributed by atoms with Gasteiger partial charge in [0.15, 0.2) is 0 Å². The molecule has 0 aromatic carbocycles. The quantitative estimate of drug-likeness (QED) is 0.569. The zero-order chi connectivity index (χ0) is 10.0. The van der Waals surface area contributed by atoms with Crippen molar-refractivity contribution in [3.8, 4) is 0 Å². The Morgan fingerprint density at radius 3 is 2.77 bits per heavy atom. The van der Waals surface area contributed by atoms with Crippen LogP contribution >= 0.6 is 11.6 Å². The Morgan fingerprint density at radius 2 is 2.31 bits per heavy atom. The number of rotatable bonds is 2. The summed E-state index contributed by atoms with van der Waals surface area (Å²) in [6.45, 7) is 0. The Labute approximate surface area is 77.4 Å². The van der Waals surface area contributed by atoms with Crippen molar-refractivity contribution in [2.45, 2.75) is 6.42 Å². The van der Waals surface area contributed by atoms with Crippen LogP contribution in [0.3, 0.4) is 0 Å². The first-order chi connectivity index (χ1) is 6.00. The molecule has 70 valence electrons. The Kier molecular flexibility index (Phi) is 2.52. The first kappa shape index (κ1) is 9.53. The SMILES string of the molecule is Nc1nc(Cl)[nH]c(=O)c1CC(=O)O. The molecular weight excluding hydrogens is 198 g/mol. The molecule has 0 bridgehead atoms. The second-order valence-corrected chi connectivity index (χ2v) is 2.65. The van der Waals surface area contributed by atoms with Crippen LogP contribution in [0.4, 0.5) is 5.82 Å². The number of nitrogen functional groups attached to an aromatic ring is 1. The first-order valence-electron chi connectivity index (χ1n) is 3.26. The van der Waals surface area contributed by atoms with Gasteiger partial charge in [-0.15, -0.1) is 0 Å². The molecule has 1 rings (SSSR count). The lowest BCUT2D eigenvalue weighted by molar-refractivity contribution is -0.136. The third-order valence-electron chi connectivity index (χ3n) is 1.35. The van der Waals surface area contributed by atoms with Gasteiger partial charge in [-0.2, -0.15) is 0 Å². The molecule has 1 aromatic heterocycles. The number of aromatic amines is 1. The van der Waals surface area contributed by atoms with E-state index in [4.69, 9.17) is 22.4 Å². The van der Waals surface area contributed by atoms with Gasteiger partial charge in [0.05, 0.1) is 12.0 Å². The van der Waals surface area contributed by atoms with E-state index in [0.717, 1.165) is 0 Å². The number of carbonyl (C=O) groups is 1. The summed E-state index contributed by atoms with van der Waals surface area (Å²) in [4.78, 5) is 27.0. The number of hydrogen-bond donors (Lipinski definition) is 3. The smallest absolute Gasteiger partial charge is 0.308 e. The number of hydrogen-bond acceptors (Lipinski definition) is 4. The summed E-state index contributed by atoms with van der Waals surface area (Å²) >= 11 is 5.36. The molecule has 7 heteroatoms. The van der Waals surface area contributed by atoms with Gasteiger partial charge in [0.1, 0.15) is 5.82 Å². The van der Waals surface area contributed by atoms with E-state index in [9.17, 15) is 9.59 Å². The largest absolute Gasteiger partial charge is 0.481 e. The number of aliphatic carboxylic acids is 1. The number of H-pyrrole nitrogens is 1. The van der Waals surface area contributed by atoms with Gasteiger partial charge in [0.25, 0.3) is 5.56 Å². The van der Waals surface area contributed by atoms with E-state index < -0.39 is 17.9 Å². The molecule has 0 atom stereocenters. The number of nitrogens with two attached hydrogens (primary N) is 1. The lowest BCUT2D eigenvalue weighted by atomic mass is 10.2. The van der Waals surface area contributed by atoms with Crippen LogP contribution in [0.5, 0.6) is 0 Å². The van der Waals surface area contributed by atoms with Gasteiger partial charge in [0.2, 0.25) is 5.28 Å². The van der Waals surface area contributed by atoms with Crippen LogP contribution in [0.15, 0.2) is 4.79 Å². The maximum Gasteiger partial charge on any atom is 0.308 e. The van der Waals surface area contributed by atoms with E-state index in [2.05, 4.69) is 9.97 Å². The molecule has 0 radical (unpaired) electrons. The van der Waals surface area contributed by atoms with Crippen molar-refractivity contribution in [3.05, 3.63) is 21.2 Å².